The van der Waals surface area contributed by atoms with Crippen LogP contribution in [0.3, 0.4) is 0 Å². The molecule has 2 aromatic rings. The Hall–Kier alpha value is -1.18. The van der Waals surface area contributed by atoms with E-state index in [4.69, 9.17) is 11.6 Å². The van der Waals surface area contributed by atoms with Gasteiger partial charge < -0.3 is 4.57 Å². The summed E-state index contributed by atoms with van der Waals surface area (Å²) in [7, 11) is -3.23. The first-order valence-electron chi connectivity index (χ1n) is 6.06. The molecule has 1 N–H and O–H groups in total. The zero-order chi connectivity index (χ0) is 14.8. The largest absolute Gasteiger partial charge is 0.327 e. The standard InChI is InChI=1S/C12H15ClFN3O2S/c1-20(18,19)15-6-7-17-11-3-2-9(14)8-10(11)16-12(17)4-5-13/h2-3,8,15H,4-7H2,1H3. The number of rotatable bonds is 6. The molecule has 0 radical (unpaired) electrons. The molecular formula is C12H15ClFN3O2S. The minimum absolute atomic E-state index is 0.247. The summed E-state index contributed by atoms with van der Waals surface area (Å²) in [5, 5.41) is 0. The van der Waals surface area contributed by atoms with Crippen LogP contribution in [0.25, 0.3) is 11.0 Å². The molecule has 20 heavy (non-hydrogen) atoms. The average Bonchev–Trinajstić information content (AvgIpc) is 2.65. The van der Waals surface area contributed by atoms with Gasteiger partial charge in [-0.15, -0.1) is 11.6 Å². The number of sulfonamides is 1. The summed E-state index contributed by atoms with van der Waals surface area (Å²) in [6.45, 7) is 0.665. The summed E-state index contributed by atoms with van der Waals surface area (Å²) < 4.78 is 39.6. The molecule has 1 aromatic heterocycles. The Labute approximate surface area is 121 Å². The van der Waals surface area contributed by atoms with Gasteiger partial charge in [0.15, 0.2) is 0 Å². The Morgan fingerprint density at radius 1 is 1.45 bits per heavy atom. The monoisotopic (exact) mass is 319 g/mol. The van der Waals surface area contributed by atoms with Crippen LogP contribution in [0.2, 0.25) is 0 Å². The van der Waals surface area contributed by atoms with Gasteiger partial charge >= 0.3 is 0 Å². The van der Waals surface area contributed by atoms with Crippen LogP contribution in [0, 0.1) is 5.82 Å². The Morgan fingerprint density at radius 3 is 2.85 bits per heavy atom. The molecule has 0 atom stereocenters. The molecule has 110 valence electrons. The molecule has 8 heteroatoms. The fourth-order valence-electron chi connectivity index (χ4n) is 2.02. The minimum Gasteiger partial charge on any atom is -0.327 e. The molecule has 0 unspecified atom stereocenters. The Balaban J connectivity index is 2.31. The summed E-state index contributed by atoms with van der Waals surface area (Å²) in [5.74, 6) is 0.760. The number of nitrogens with zero attached hydrogens (tertiary/aromatic N) is 2. The van der Waals surface area contributed by atoms with Gasteiger partial charge in [0.2, 0.25) is 10.0 Å². The van der Waals surface area contributed by atoms with Crippen LogP contribution in [0.1, 0.15) is 5.82 Å². The van der Waals surface area contributed by atoms with E-state index in [2.05, 4.69) is 9.71 Å². The Kier molecular flexibility index (Phi) is 4.62. The van der Waals surface area contributed by atoms with Crippen LogP contribution in [-0.2, 0) is 23.0 Å². The number of alkyl halides is 1. The molecule has 2 rings (SSSR count). The summed E-state index contributed by atoms with van der Waals surface area (Å²) in [6, 6.07) is 4.35. The van der Waals surface area contributed by atoms with Gasteiger partial charge in [0.05, 0.1) is 17.3 Å². The summed E-state index contributed by atoms with van der Waals surface area (Å²) in [4.78, 5) is 4.34. The first kappa shape index (κ1) is 15.2. The van der Waals surface area contributed by atoms with Crippen molar-refractivity contribution in [2.45, 2.75) is 13.0 Å². The van der Waals surface area contributed by atoms with Crippen molar-refractivity contribution in [3.8, 4) is 0 Å². The highest BCUT2D eigenvalue weighted by atomic mass is 35.5. The van der Waals surface area contributed by atoms with Crippen molar-refractivity contribution in [2.24, 2.45) is 0 Å². The van der Waals surface area contributed by atoms with Gasteiger partial charge in [-0.05, 0) is 12.1 Å². The smallest absolute Gasteiger partial charge is 0.208 e. The number of imidazole rings is 1. The summed E-state index contributed by atoms with van der Waals surface area (Å²) in [6.07, 6.45) is 1.64. The Bertz CT molecular complexity index is 715. The molecule has 1 heterocycles. The Morgan fingerprint density at radius 2 is 2.20 bits per heavy atom. The quantitative estimate of drug-likeness (QED) is 0.821. The van der Waals surface area contributed by atoms with Gasteiger partial charge in [0.1, 0.15) is 11.6 Å². The molecule has 0 saturated heterocycles. The molecule has 0 aliphatic heterocycles. The second kappa shape index (κ2) is 6.07. The number of aryl methyl sites for hydroxylation is 1. The lowest BCUT2D eigenvalue weighted by Gasteiger charge is -2.08. The van der Waals surface area contributed by atoms with Gasteiger partial charge in [-0.1, -0.05) is 0 Å². The highest BCUT2D eigenvalue weighted by Crippen LogP contribution is 2.18. The lowest BCUT2D eigenvalue weighted by molar-refractivity contribution is 0.577. The van der Waals surface area contributed by atoms with Gasteiger partial charge in [0.25, 0.3) is 0 Å². The summed E-state index contributed by atoms with van der Waals surface area (Å²) >= 11 is 5.73. The zero-order valence-corrected chi connectivity index (χ0v) is 12.5. The zero-order valence-electron chi connectivity index (χ0n) is 10.9. The number of benzene rings is 1. The van der Waals surface area contributed by atoms with Crippen molar-refractivity contribution in [1.82, 2.24) is 14.3 Å². The fraction of sp³-hybridized carbons (Fsp3) is 0.417. The van der Waals surface area contributed by atoms with E-state index in [-0.39, 0.29) is 12.4 Å². The summed E-state index contributed by atoms with van der Waals surface area (Å²) in [5.41, 5.74) is 1.31. The van der Waals surface area contributed by atoms with Crippen LogP contribution >= 0.6 is 11.6 Å². The maximum Gasteiger partial charge on any atom is 0.208 e. The van der Waals surface area contributed by atoms with E-state index in [0.29, 0.717) is 24.4 Å². The molecule has 1 aromatic carbocycles. The van der Waals surface area contributed by atoms with Crippen LogP contribution in [0.5, 0.6) is 0 Å². The van der Waals surface area contributed by atoms with Gasteiger partial charge in [-0.2, -0.15) is 0 Å². The van der Waals surface area contributed by atoms with Gasteiger partial charge in [-0.3, -0.25) is 0 Å². The van der Waals surface area contributed by atoms with Crippen LogP contribution in [0.15, 0.2) is 18.2 Å². The topological polar surface area (TPSA) is 64.0 Å². The number of aromatic nitrogens is 2. The second-order valence-electron chi connectivity index (χ2n) is 4.42. The predicted molar refractivity (Wildman–Crippen MR) is 77.0 cm³/mol. The highest BCUT2D eigenvalue weighted by molar-refractivity contribution is 7.88. The third-order valence-corrected chi connectivity index (χ3v) is 3.72. The average molecular weight is 320 g/mol. The SMILES string of the molecule is CS(=O)(=O)NCCn1c(CCCl)nc2cc(F)ccc21. The predicted octanol–water partition coefficient (Wildman–Crippen LogP) is 1.51. The van der Waals surface area contributed by atoms with E-state index in [9.17, 15) is 12.8 Å². The molecule has 0 amide bonds. The minimum atomic E-state index is -3.23. The molecule has 0 fully saturated rings. The first-order chi connectivity index (χ1) is 9.40. The third-order valence-electron chi connectivity index (χ3n) is 2.81. The van der Waals surface area contributed by atoms with E-state index in [1.807, 2.05) is 4.57 Å². The van der Waals surface area contributed by atoms with Crippen molar-refractivity contribution in [3.63, 3.8) is 0 Å². The number of halogens is 2. The van der Waals surface area contributed by atoms with E-state index >= 15 is 0 Å². The lowest BCUT2D eigenvalue weighted by Crippen LogP contribution is -2.26. The van der Waals surface area contributed by atoms with Crippen molar-refractivity contribution in [3.05, 3.63) is 29.8 Å². The maximum absolute atomic E-state index is 13.2. The number of fused-ring (bicyclic) bond motifs is 1. The van der Waals surface area contributed by atoms with Crippen LogP contribution < -0.4 is 4.72 Å². The number of hydrogen-bond donors (Lipinski definition) is 1. The first-order valence-corrected chi connectivity index (χ1v) is 8.48. The molecule has 0 aliphatic carbocycles. The number of nitrogens with one attached hydrogen (secondary N) is 1. The third kappa shape index (κ3) is 3.68. The normalized spacial score (nSPS) is 12.2. The van der Waals surface area contributed by atoms with E-state index in [1.54, 1.807) is 6.07 Å². The molecular weight excluding hydrogens is 305 g/mol. The molecule has 0 saturated carbocycles. The van der Waals surface area contributed by atoms with Crippen molar-refractivity contribution in [1.29, 1.82) is 0 Å². The maximum atomic E-state index is 13.2. The van der Waals surface area contributed by atoms with Crippen molar-refractivity contribution >= 4 is 32.7 Å². The van der Waals surface area contributed by atoms with Crippen molar-refractivity contribution in [2.75, 3.05) is 18.7 Å². The van der Waals surface area contributed by atoms with Crippen LogP contribution in [0.4, 0.5) is 4.39 Å². The van der Waals surface area contributed by atoms with Gasteiger partial charge in [-0.25, -0.2) is 22.5 Å². The lowest BCUT2D eigenvalue weighted by atomic mass is 10.3. The molecule has 0 spiro atoms. The van der Waals surface area contributed by atoms with Gasteiger partial charge in [0, 0.05) is 31.5 Å². The molecule has 0 bridgehead atoms. The van der Waals surface area contributed by atoms with Crippen LogP contribution in [-0.4, -0.2) is 36.6 Å². The van der Waals surface area contributed by atoms with E-state index in [1.165, 1.54) is 12.1 Å². The highest BCUT2D eigenvalue weighted by Gasteiger charge is 2.11. The van der Waals surface area contributed by atoms with E-state index < -0.39 is 10.0 Å². The molecule has 5 nitrogen and oxygen atoms in total. The van der Waals surface area contributed by atoms with E-state index in [0.717, 1.165) is 17.6 Å². The fourth-order valence-corrected chi connectivity index (χ4v) is 2.65. The molecule has 0 aliphatic rings. The number of hydrogen-bond acceptors (Lipinski definition) is 3. The second-order valence-corrected chi connectivity index (χ2v) is 6.63. The van der Waals surface area contributed by atoms with Crippen molar-refractivity contribution < 1.29 is 12.8 Å².